The highest BCUT2D eigenvalue weighted by molar-refractivity contribution is 5.94. The average Bonchev–Trinajstić information content (AvgIpc) is 2.81. The minimum atomic E-state index is -0.0450. The molecule has 0 N–H and O–H groups in total. The van der Waals surface area contributed by atoms with E-state index in [-0.39, 0.29) is 5.91 Å². The van der Waals surface area contributed by atoms with Crippen molar-refractivity contribution >= 4 is 5.91 Å². The lowest BCUT2D eigenvalue weighted by Gasteiger charge is -2.25. The summed E-state index contributed by atoms with van der Waals surface area (Å²) < 4.78 is 5.90. The fourth-order valence-corrected chi connectivity index (χ4v) is 3.12. The summed E-state index contributed by atoms with van der Waals surface area (Å²) in [6.45, 7) is 2.29. The molecule has 0 saturated heterocycles. The van der Waals surface area contributed by atoms with Crippen LogP contribution in [0.3, 0.4) is 0 Å². The van der Waals surface area contributed by atoms with Gasteiger partial charge < -0.3 is 14.5 Å². The predicted octanol–water partition coefficient (Wildman–Crippen LogP) is 4.34. The predicted molar refractivity (Wildman–Crippen MR) is 122 cm³/mol. The number of nitrogens with zero attached hydrogens (tertiary/aromatic N) is 3. The van der Waals surface area contributed by atoms with Gasteiger partial charge in [0, 0.05) is 25.2 Å². The molecule has 0 unspecified atom stereocenters. The Labute approximate surface area is 184 Å². The number of nitriles is 1. The van der Waals surface area contributed by atoms with E-state index in [2.05, 4.69) is 11.0 Å². The lowest BCUT2D eigenvalue weighted by Crippen LogP contribution is -2.36. The molecule has 3 rings (SSSR count). The van der Waals surface area contributed by atoms with Crippen molar-refractivity contribution in [3.8, 4) is 11.8 Å². The molecule has 31 heavy (non-hydrogen) atoms. The maximum absolute atomic E-state index is 13.3. The van der Waals surface area contributed by atoms with E-state index >= 15 is 0 Å². The molecule has 3 aromatic rings. The summed E-state index contributed by atoms with van der Waals surface area (Å²) in [5.74, 6) is 0.622. The van der Waals surface area contributed by atoms with Crippen LogP contribution >= 0.6 is 0 Å². The van der Waals surface area contributed by atoms with Gasteiger partial charge in [0.15, 0.2) is 0 Å². The summed E-state index contributed by atoms with van der Waals surface area (Å²) in [7, 11) is 3.98. The second-order valence-electron chi connectivity index (χ2n) is 7.64. The van der Waals surface area contributed by atoms with Crippen molar-refractivity contribution in [3.63, 3.8) is 0 Å². The van der Waals surface area contributed by atoms with Crippen LogP contribution in [-0.4, -0.2) is 42.9 Å². The Morgan fingerprint density at radius 1 is 0.903 bits per heavy atom. The van der Waals surface area contributed by atoms with Crippen LogP contribution in [0.15, 0.2) is 78.9 Å². The third kappa shape index (κ3) is 6.70. The van der Waals surface area contributed by atoms with Gasteiger partial charge >= 0.3 is 0 Å². The maximum Gasteiger partial charge on any atom is 0.254 e. The van der Waals surface area contributed by atoms with E-state index in [0.717, 1.165) is 17.7 Å². The highest BCUT2D eigenvalue weighted by Crippen LogP contribution is 2.18. The van der Waals surface area contributed by atoms with E-state index in [1.54, 1.807) is 18.2 Å². The summed E-state index contributed by atoms with van der Waals surface area (Å²) in [5.41, 5.74) is 3.27. The van der Waals surface area contributed by atoms with Crippen molar-refractivity contribution in [1.29, 1.82) is 5.26 Å². The zero-order valence-corrected chi connectivity index (χ0v) is 18.0. The Kier molecular flexibility index (Phi) is 7.80. The molecule has 0 bridgehead atoms. The Morgan fingerprint density at radius 3 is 2.32 bits per heavy atom. The van der Waals surface area contributed by atoms with Crippen LogP contribution in [0.2, 0.25) is 0 Å². The first-order valence-electron chi connectivity index (χ1n) is 10.2. The number of ether oxygens (including phenoxy) is 1. The third-order valence-electron chi connectivity index (χ3n) is 4.89. The van der Waals surface area contributed by atoms with Crippen molar-refractivity contribution in [2.24, 2.45) is 0 Å². The van der Waals surface area contributed by atoms with E-state index in [9.17, 15) is 4.79 Å². The zero-order valence-electron chi connectivity index (χ0n) is 18.0. The molecule has 158 valence electrons. The number of rotatable bonds is 9. The molecule has 5 nitrogen and oxygen atoms in total. The fraction of sp³-hybridized carbons (Fsp3) is 0.231. The molecule has 0 aliphatic rings. The Morgan fingerprint density at radius 2 is 1.65 bits per heavy atom. The molecule has 0 aromatic heterocycles. The van der Waals surface area contributed by atoms with Crippen molar-refractivity contribution in [1.82, 2.24) is 9.80 Å². The number of benzene rings is 3. The number of hydrogen-bond donors (Lipinski definition) is 0. The molecule has 3 aromatic carbocycles. The van der Waals surface area contributed by atoms with Crippen LogP contribution in [0.25, 0.3) is 0 Å². The summed E-state index contributed by atoms with van der Waals surface area (Å²) in [4.78, 5) is 17.2. The number of amides is 1. The van der Waals surface area contributed by atoms with Crippen LogP contribution in [0.4, 0.5) is 0 Å². The molecule has 0 radical (unpaired) electrons. The number of carbonyl (C=O) groups is 1. The number of likely N-dealkylation sites (N-methyl/N-ethyl adjacent to an activating group) is 1. The second-order valence-corrected chi connectivity index (χ2v) is 7.64. The van der Waals surface area contributed by atoms with Crippen LogP contribution in [0.1, 0.15) is 27.0 Å². The Bertz CT molecular complexity index is 1020. The molecule has 0 aliphatic heterocycles. The molecule has 0 heterocycles. The topological polar surface area (TPSA) is 56.6 Å². The van der Waals surface area contributed by atoms with Gasteiger partial charge in [0.1, 0.15) is 12.4 Å². The van der Waals surface area contributed by atoms with Crippen LogP contribution in [-0.2, 0) is 13.2 Å². The standard InChI is InChI=1S/C26H27N3O2/c1-28(2)15-16-29(19-22-13-11-21(18-27)12-14-22)26(30)24-9-6-10-25(17-24)31-20-23-7-4-3-5-8-23/h3-14,17H,15-16,19-20H2,1-2H3. The van der Waals surface area contributed by atoms with Crippen LogP contribution in [0.5, 0.6) is 5.75 Å². The molecule has 0 fully saturated rings. The summed E-state index contributed by atoms with van der Waals surface area (Å²) in [6.07, 6.45) is 0. The van der Waals surface area contributed by atoms with E-state index in [4.69, 9.17) is 10.00 Å². The van der Waals surface area contributed by atoms with Gasteiger partial charge in [0.25, 0.3) is 5.91 Å². The summed E-state index contributed by atoms with van der Waals surface area (Å²) in [5, 5.41) is 9.00. The lowest BCUT2D eigenvalue weighted by atomic mass is 10.1. The molecular weight excluding hydrogens is 386 g/mol. The smallest absolute Gasteiger partial charge is 0.254 e. The minimum absolute atomic E-state index is 0.0450. The van der Waals surface area contributed by atoms with E-state index in [1.165, 1.54) is 0 Å². The monoisotopic (exact) mass is 413 g/mol. The van der Waals surface area contributed by atoms with E-state index < -0.39 is 0 Å². The van der Waals surface area contributed by atoms with Crippen LogP contribution < -0.4 is 4.74 Å². The zero-order chi connectivity index (χ0) is 22.1. The maximum atomic E-state index is 13.3. The van der Waals surface area contributed by atoms with Gasteiger partial charge in [-0.15, -0.1) is 0 Å². The Balaban J connectivity index is 1.73. The fourth-order valence-electron chi connectivity index (χ4n) is 3.12. The van der Waals surface area contributed by atoms with Gasteiger partial charge in [-0.3, -0.25) is 4.79 Å². The van der Waals surface area contributed by atoms with Crippen molar-refractivity contribution < 1.29 is 9.53 Å². The first-order valence-corrected chi connectivity index (χ1v) is 10.2. The van der Waals surface area contributed by atoms with Gasteiger partial charge in [0.05, 0.1) is 11.6 Å². The largest absolute Gasteiger partial charge is 0.489 e. The van der Waals surface area contributed by atoms with Gasteiger partial charge in [-0.05, 0) is 55.6 Å². The lowest BCUT2D eigenvalue weighted by molar-refractivity contribution is 0.0731. The minimum Gasteiger partial charge on any atom is -0.489 e. The summed E-state index contributed by atoms with van der Waals surface area (Å²) in [6, 6.07) is 26.8. The molecule has 0 aliphatic carbocycles. The molecule has 1 amide bonds. The molecule has 5 heteroatoms. The summed E-state index contributed by atoms with van der Waals surface area (Å²) >= 11 is 0. The van der Waals surface area contributed by atoms with Crippen molar-refractivity contribution in [2.45, 2.75) is 13.2 Å². The molecule has 0 spiro atoms. The Hall–Kier alpha value is -3.62. The number of carbonyl (C=O) groups excluding carboxylic acids is 1. The van der Waals surface area contributed by atoms with Gasteiger partial charge in [-0.1, -0.05) is 48.5 Å². The molecule has 0 saturated carbocycles. The van der Waals surface area contributed by atoms with E-state index in [1.807, 2.05) is 79.7 Å². The SMILES string of the molecule is CN(C)CCN(Cc1ccc(C#N)cc1)C(=O)c1cccc(OCc2ccccc2)c1. The van der Waals surface area contributed by atoms with Crippen molar-refractivity contribution in [3.05, 3.63) is 101 Å². The van der Waals surface area contributed by atoms with Gasteiger partial charge in [0.2, 0.25) is 0 Å². The van der Waals surface area contributed by atoms with E-state index in [0.29, 0.717) is 36.6 Å². The third-order valence-corrected chi connectivity index (χ3v) is 4.89. The van der Waals surface area contributed by atoms with Crippen molar-refractivity contribution in [2.75, 3.05) is 27.2 Å². The first-order chi connectivity index (χ1) is 15.0. The number of hydrogen-bond acceptors (Lipinski definition) is 4. The highest BCUT2D eigenvalue weighted by Gasteiger charge is 2.17. The van der Waals surface area contributed by atoms with Gasteiger partial charge in [-0.25, -0.2) is 0 Å². The molecular formula is C26H27N3O2. The average molecular weight is 414 g/mol. The quantitative estimate of drug-likeness (QED) is 0.524. The van der Waals surface area contributed by atoms with Crippen LogP contribution in [0, 0.1) is 11.3 Å². The second kappa shape index (κ2) is 11.0. The first kappa shape index (κ1) is 22.1. The van der Waals surface area contributed by atoms with Gasteiger partial charge in [-0.2, -0.15) is 5.26 Å². The highest BCUT2D eigenvalue weighted by atomic mass is 16.5. The molecule has 0 atom stereocenters. The normalized spacial score (nSPS) is 10.5.